The highest BCUT2D eigenvalue weighted by molar-refractivity contribution is 6.18. The Balaban J connectivity index is 3.59. The van der Waals surface area contributed by atoms with Crippen LogP contribution in [0.2, 0.25) is 0 Å². The molecule has 0 aromatic carbocycles. The van der Waals surface area contributed by atoms with Crippen LogP contribution in [0.15, 0.2) is 0 Å². The quantitative estimate of drug-likeness (QED) is 0.347. The second-order valence-corrected chi connectivity index (χ2v) is 6.01. The Bertz CT molecular complexity index is 154. The number of alkyl halides is 4. The third-order valence-corrected chi connectivity index (χ3v) is 3.73. The lowest BCUT2D eigenvalue weighted by Gasteiger charge is -2.21. The third-order valence-electron chi connectivity index (χ3n) is 3.05. The Morgan fingerprint density at radius 2 is 0.737 bits per heavy atom. The minimum Gasteiger partial charge on any atom is -0.301 e. The topological polar surface area (TPSA) is 6.48 Å². The molecule has 0 amide bonds. The van der Waals surface area contributed by atoms with E-state index in [1.807, 2.05) is 0 Å². The number of halogens is 4. The van der Waals surface area contributed by atoms with Crippen molar-refractivity contribution in [3.8, 4) is 0 Å². The number of rotatable bonds is 14. The first-order valence-electron chi connectivity index (χ1n) is 6.97. The third kappa shape index (κ3) is 12.5. The summed E-state index contributed by atoms with van der Waals surface area (Å²) in [6.45, 7) is 5.89. The monoisotopic (exact) mass is 350 g/mol. The smallest absolute Gasteiger partial charge is 0.0351 e. The molecule has 2 nitrogen and oxygen atoms in total. The van der Waals surface area contributed by atoms with Gasteiger partial charge in [0.2, 0.25) is 0 Å². The summed E-state index contributed by atoms with van der Waals surface area (Å²) < 4.78 is 0. The molecule has 0 fully saturated rings. The van der Waals surface area contributed by atoms with Crippen LogP contribution in [0, 0.1) is 0 Å². The SMILES string of the molecule is ClCCN(CCCl)CCCCCN(CCCl)CCCl. The Kier molecular flexibility index (Phi) is 16.3. The average molecular weight is 352 g/mol. The lowest BCUT2D eigenvalue weighted by atomic mass is 10.2. The van der Waals surface area contributed by atoms with Crippen LogP contribution < -0.4 is 0 Å². The maximum atomic E-state index is 5.77. The van der Waals surface area contributed by atoms with Crippen LogP contribution in [0.5, 0.6) is 0 Å². The lowest BCUT2D eigenvalue weighted by molar-refractivity contribution is 0.279. The molecule has 0 radical (unpaired) electrons. The van der Waals surface area contributed by atoms with Gasteiger partial charge in [-0.1, -0.05) is 6.42 Å². The first-order chi connectivity index (χ1) is 9.28. The van der Waals surface area contributed by atoms with Crippen LogP contribution in [-0.4, -0.2) is 72.6 Å². The largest absolute Gasteiger partial charge is 0.301 e. The Morgan fingerprint density at radius 3 is 1.00 bits per heavy atom. The van der Waals surface area contributed by atoms with Crippen molar-refractivity contribution < 1.29 is 0 Å². The fraction of sp³-hybridized carbons (Fsp3) is 1.00. The standard InChI is InChI=1S/C13H26Cl4N2/c14-4-10-18(11-5-15)8-2-1-3-9-19(12-6-16)13-7-17/h1-13H2. The van der Waals surface area contributed by atoms with Gasteiger partial charge in [-0.15, -0.1) is 46.4 Å². The molecular formula is C13H26Cl4N2. The fourth-order valence-electron chi connectivity index (χ4n) is 2.00. The van der Waals surface area contributed by atoms with Crippen LogP contribution in [-0.2, 0) is 0 Å². The number of hydrogen-bond acceptors (Lipinski definition) is 2. The first-order valence-corrected chi connectivity index (χ1v) is 9.10. The molecular weight excluding hydrogens is 326 g/mol. The Labute approximate surface area is 138 Å². The van der Waals surface area contributed by atoms with E-state index >= 15 is 0 Å². The zero-order chi connectivity index (χ0) is 14.3. The van der Waals surface area contributed by atoms with E-state index in [0.717, 1.165) is 39.3 Å². The van der Waals surface area contributed by atoms with Crippen LogP contribution in [0.25, 0.3) is 0 Å². The van der Waals surface area contributed by atoms with Gasteiger partial charge in [0.05, 0.1) is 0 Å². The van der Waals surface area contributed by atoms with Gasteiger partial charge in [0.25, 0.3) is 0 Å². The molecule has 0 saturated heterocycles. The van der Waals surface area contributed by atoms with Gasteiger partial charge in [0, 0.05) is 49.7 Å². The van der Waals surface area contributed by atoms with Crippen molar-refractivity contribution in [3.05, 3.63) is 0 Å². The molecule has 0 unspecified atom stereocenters. The van der Waals surface area contributed by atoms with Crippen molar-refractivity contribution in [2.45, 2.75) is 19.3 Å². The highest BCUT2D eigenvalue weighted by Crippen LogP contribution is 2.03. The van der Waals surface area contributed by atoms with Gasteiger partial charge in [-0.25, -0.2) is 0 Å². The van der Waals surface area contributed by atoms with E-state index in [4.69, 9.17) is 46.4 Å². The predicted molar refractivity (Wildman–Crippen MR) is 89.6 cm³/mol. The molecule has 0 spiro atoms. The van der Waals surface area contributed by atoms with Gasteiger partial charge in [-0.3, -0.25) is 0 Å². The van der Waals surface area contributed by atoms with Crippen LogP contribution in [0.4, 0.5) is 0 Å². The van der Waals surface area contributed by atoms with Crippen molar-refractivity contribution in [2.75, 3.05) is 62.8 Å². The minimum absolute atomic E-state index is 0.677. The summed E-state index contributed by atoms with van der Waals surface area (Å²) in [4.78, 5) is 4.66. The second-order valence-electron chi connectivity index (χ2n) is 4.50. The van der Waals surface area contributed by atoms with E-state index in [1.165, 1.54) is 19.3 Å². The molecule has 0 bridgehead atoms. The molecule has 0 rings (SSSR count). The van der Waals surface area contributed by atoms with Crippen molar-refractivity contribution in [1.82, 2.24) is 9.80 Å². The number of hydrogen-bond donors (Lipinski definition) is 0. The number of unbranched alkanes of at least 4 members (excludes halogenated alkanes) is 2. The predicted octanol–water partition coefficient (Wildman–Crippen LogP) is 3.72. The van der Waals surface area contributed by atoms with Crippen LogP contribution in [0.3, 0.4) is 0 Å². The van der Waals surface area contributed by atoms with Gasteiger partial charge < -0.3 is 9.80 Å². The average Bonchev–Trinajstić information content (AvgIpc) is 2.39. The minimum atomic E-state index is 0.677. The van der Waals surface area contributed by atoms with E-state index in [-0.39, 0.29) is 0 Å². The summed E-state index contributed by atoms with van der Waals surface area (Å²) >= 11 is 23.1. The molecule has 0 aliphatic carbocycles. The van der Waals surface area contributed by atoms with Gasteiger partial charge in [-0.2, -0.15) is 0 Å². The summed E-state index contributed by atoms with van der Waals surface area (Å²) in [5.74, 6) is 2.71. The van der Waals surface area contributed by atoms with Crippen LogP contribution >= 0.6 is 46.4 Å². The first kappa shape index (κ1) is 20.1. The van der Waals surface area contributed by atoms with Crippen molar-refractivity contribution >= 4 is 46.4 Å². The van der Waals surface area contributed by atoms with E-state index in [1.54, 1.807) is 0 Å². The van der Waals surface area contributed by atoms with E-state index in [0.29, 0.717) is 23.5 Å². The van der Waals surface area contributed by atoms with Gasteiger partial charge in [0.1, 0.15) is 0 Å². The highest BCUT2D eigenvalue weighted by atomic mass is 35.5. The molecule has 116 valence electrons. The van der Waals surface area contributed by atoms with E-state index in [2.05, 4.69) is 9.80 Å². The molecule has 0 N–H and O–H groups in total. The van der Waals surface area contributed by atoms with Gasteiger partial charge >= 0.3 is 0 Å². The van der Waals surface area contributed by atoms with Crippen molar-refractivity contribution in [1.29, 1.82) is 0 Å². The van der Waals surface area contributed by atoms with E-state index in [9.17, 15) is 0 Å². The summed E-state index contributed by atoms with van der Waals surface area (Å²) in [5, 5.41) is 0. The summed E-state index contributed by atoms with van der Waals surface area (Å²) in [6, 6.07) is 0. The zero-order valence-corrected chi connectivity index (χ0v) is 14.6. The van der Waals surface area contributed by atoms with E-state index < -0.39 is 0 Å². The summed E-state index contributed by atoms with van der Waals surface area (Å²) in [5.41, 5.74) is 0. The molecule has 0 saturated carbocycles. The lowest BCUT2D eigenvalue weighted by Crippen LogP contribution is -2.30. The normalized spacial score (nSPS) is 11.7. The molecule has 0 aromatic heterocycles. The van der Waals surface area contributed by atoms with Crippen LogP contribution in [0.1, 0.15) is 19.3 Å². The fourth-order valence-corrected chi connectivity index (χ4v) is 2.95. The molecule has 0 atom stereocenters. The highest BCUT2D eigenvalue weighted by Gasteiger charge is 2.05. The Morgan fingerprint density at radius 1 is 0.421 bits per heavy atom. The molecule has 0 aromatic rings. The molecule has 19 heavy (non-hydrogen) atoms. The summed E-state index contributed by atoms with van der Waals surface area (Å²) in [7, 11) is 0. The van der Waals surface area contributed by atoms with Crippen molar-refractivity contribution in [3.63, 3.8) is 0 Å². The number of nitrogens with zero attached hydrogens (tertiary/aromatic N) is 2. The molecule has 0 heterocycles. The Hall–Kier alpha value is 1.08. The van der Waals surface area contributed by atoms with Gasteiger partial charge in [-0.05, 0) is 25.9 Å². The molecule has 0 aliphatic heterocycles. The maximum absolute atomic E-state index is 5.77. The van der Waals surface area contributed by atoms with Gasteiger partial charge in [0.15, 0.2) is 0 Å². The second kappa shape index (κ2) is 15.5. The molecule has 0 aliphatic rings. The zero-order valence-electron chi connectivity index (χ0n) is 11.6. The maximum Gasteiger partial charge on any atom is 0.0351 e. The molecule has 6 heteroatoms. The van der Waals surface area contributed by atoms with Crippen molar-refractivity contribution in [2.24, 2.45) is 0 Å². The summed E-state index contributed by atoms with van der Waals surface area (Å²) in [6.07, 6.45) is 3.62.